The molecule has 0 saturated carbocycles. The van der Waals surface area contributed by atoms with Crippen LogP contribution < -0.4 is 5.73 Å². The highest BCUT2D eigenvalue weighted by molar-refractivity contribution is 9.11. The van der Waals surface area contributed by atoms with Gasteiger partial charge in [-0.2, -0.15) is 0 Å². The molecule has 0 saturated heterocycles. The van der Waals surface area contributed by atoms with Crippen molar-refractivity contribution in [2.24, 2.45) is 0 Å². The number of aryl methyl sites for hydroxylation is 2. The van der Waals surface area contributed by atoms with Crippen molar-refractivity contribution in [2.45, 2.75) is 12.8 Å². The second-order valence-corrected chi connectivity index (χ2v) is 6.38. The molecule has 0 unspecified atom stereocenters. The first-order valence-electron chi connectivity index (χ1n) is 4.06. The van der Waals surface area contributed by atoms with Gasteiger partial charge in [-0.15, -0.1) is 21.5 Å². The first-order chi connectivity index (χ1) is 6.74. The van der Waals surface area contributed by atoms with E-state index in [1.54, 1.807) is 11.3 Å². The van der Waals surface area contributed by atoms with E-state index in [0.29, 0.717) is 5.13 Å². The van der Waals surface area contributed by atoms with Crippen LogP contribution in [0.2, 0.25) is 0 Å². The zero-order valence-corrected chi connectivity index (χ0v) is 10.5. The third-order valence-corrected chi connectivity index (χ3v) is 4.19. The Morgan fingerprint density at radius 1 is 1.21 bits per heavy atom. The van der Waals surface area contributed by atoms with E-state index < -0.39 is 0 Å². The average molecular weight is 290 g/mol. The number of halogens is 1. The molecule has 74 valence electrons. The molecule has 0 aromatic carbocycles. The second-order valence-electron chi connectivity index (χ2n) is 2.74. The highest BCUT2D eigenvalue weighted by Gasteiger charge is 2.03. The second kappa shape index (κ2) is 4.37. The molecule has 3 nitrogen and oxygen atoms in total. The van der Waals surface area contributed by atoms with E-state index in [4.69, 9.17) is 5.73 Å². The van der Waals surface area contributed by atoms with Crippen molar-refractivity contribution < 1.29 is 0 Å². The van der Waals surface area contributed by atoms with Crippen LogP contribution in [0.4, 0.5) is 5.13 Å². The van der Waals surface area contributed by atoms with E-state index >= 15 is 0 Å². The normalized spacial score (nSPS) is 10.6. The Kier molecular flexibility index (Phi) is 3.15. The van der Waals surface area contributed by atoms with Gasteiger partial charge in [0.05, 0.1) is 3.79 Å². The summed E-state index contributed by atoms with van der Waals surface area (Å²) in [4.78, 5) is 1.35. The first-order valence-corrected chi connectivity index (χ1v) is 6.49. The molecule has 2 aromatic heterocycles. The minimum atomic E-state index is 0.548. The van der Waals surface area contributed by atoms with Crippen molar-refractivity contribution in [2.75, 3.05) is 5.73 Å². The lowest BCUT2D eigenvalue weighted by atomic mass is 10.3. The fraction of sp³-hybridized carbons (Fsp3) is 0.250. The summed E-state index contributed by atoms with van der Waals surface area (Å²) in [5, 5.41) is 9.30. The van der Waals surface area contributed by atoms with Crippen LogP contribution in [0.5, 0.6) is 0 Å². The third kappa shape index (κ3) is 2.52. The van der Waals surface area contributed by atoms with E-state index in [1.165, 1.54) is 20.0 Å². The van der Waals surface area contributed by atoms with Crippen molar-refractivity contribution in [1.82, 2.24) is 10.2 Å². The molecule has 0 spiro atoms. The molecule has 0 fully saturated rings. The molecule has 0 radical (unpaired) electrons. The Morgan fingerprint density at radius 3 is 2.64 bits per heavy atom. The molecular formula is C8H8BrN3S2. The Morgan fingerprint density at radius 2 is 2.07 bits per heavy atom. The predicted octanol–water partition coefficient (Wildman–Crippen LogP) is 2.73. The Hall–Kier alpha value is -0.460. The topological polar surface area (TPSA) is 51.8 Å². The minimum Gasteiger partial charge on any atom is -0.374 e. The van der Waals surface area contributed by atoms with Crippen LogP contribution in [0, 0.1) is 0 Å². The van der Waals surface area contributed by atoms with Gasteiger partial charge in [0.2, 0.25) is 5.13 Å². The summed E-state index contributed by atoms with van der Waals surface area (Å²) in [6.45, 7) is 0. The zero-order valence-electron chi connectivity index (χ0n) is 7.24. The van der Waals surface area contributed by atoms with Crippen molar-refractivity contribution in [3.8, 4) is 0 Å². The maximum Gasteiger partial charge on any atom is 0.203 e. The summed E-state index contributed by atoms with van der Waals surface area (Å²) in [7, 11) is 0. The molecule has 0 aliphatic carbocycles. The summed E-state index contributed by atoms with van der Waals surface area (Å²) in [6, 6.07) is 4.19. The fourth-order valence-corrected chi connectivity index (χ4v) is 3.18. The number of nitrogen functional groups attached to an aromatic ring is 1. The molecule has 0 aliphatic rings. The highest BCUT2D eigenvalue weighted by atomic mass is 79.9. The monoisotopic (exact) mass is 289 g/mol. The quantitative estimate of drug-likeness (QED) is 0.945. The largest absolute Gasteiger partial charge is 0.374 e. The molecule has 2 rings (SSSR count). The molecule has 2 N–H and O–H groups in total. The lowest BCUT2D eigenvalue weighted by molar-refractivity contribution is 0.917. The van der Waals surface area contributed by atoms with Gasteiger partial charge in [-0.05, 0) is 34.5 Å². The molecular weight excluding hydrogens is 282 g/mol. The minimum absolute atomic E-state index is 0.548. The van der Waals surface area contributed by atoms with Crippen molar-refractivity contribution in [1.29, 1.82) is 0 Å². The molecule has 0 aliphatic heterocycles. The Bertz CT molecular complexity index is 383. The predicted molar refractivity (Wildman–Crippen MR) is 63.7 cm³/mol. The molecule has 0 amide bonds. The number of thiophene rings is 1. The number of anilines is 1. The van der Waals surface area contributed by atoms with Gasteiger partial charge in [0.1, 0.15) is 5.01 Å². The average Bonchev–Trinajstić information content (AvgIpc) is 2.72. The number of nitrogens with two attached hydrogens (primary N) is 1. The van der Waals surface area contributed by atoms with Gasteiger partial charge in [-0.1, -0.05) is 11.3 Å². The third-order valence-electron chi connectivity index (χ3n) is 1.70. The van der Waals surface area contributed by atoms with Crippen LogP contribution in [0.15, 0.2) is 15.9 Å². The summed E-state index contributed by atoms with van der Waals surface area (Å²) in [5.74, 6) is 0. The number of hydrogen-bond acceptors (Lipinski definition) is 5. The smallest absolute Gasteiger partial charge is 0.203 e. The van der Waals surface area contributed by atoms with Crippen molar-refractivity contribution in [3.05, 3.63) is 25.8 Å². The van der Waals surface area contributed by atoms with Crippen LogP contribution in [-0.4, -0.2) is 10.2 Å². The molecule has 0 bridgehead atoms. The number of hydrogen-bond donors (Lipinski definition) is 1. The standard InChI is InChI=1S/C8H8BrN3S2/c9-6-3-1-5(13-6)2-4-7-11-12-8(10)14-7/h1,3H,2,4H2,(H2,10,12). The molecule has 0 atom stereocenters. The maximum absolute atomic E-state index is 5.49. The highest BCUT2D eigenvalue weighted by Crippen LogP contribution is 2.23. The summed E-state index contributed by atoms with van der Waals surface area (Å²) >= 11 is 6.65. The molecule has 2 aromatic rings. The maximum atomic E-state index is 5.49. The molecule has 14 heavy (non-hydrogen) atoms. The summed E-state index contributed by atoms with van der Waals surface area (Å²) in [6.07, 6.45) is 1.92. The van der Waals surface area contributed by atoms with Crippen LogP contribution in [0.3, 0.4) is 0 Å². The van der Waals surface area contributed by atoms with Gasteiger partial charge in [0.25, 0.3) is 0 Å². The summed E-state index contributed by atoms with van der Waals surface area (Å²) < 4.78 is 1.17. The van der Waals surface area contributed by atoms with E-state index in [9.17, 15) is 0 Å². The Labute approximate surface area is 98.1 Å². The van der Waals surface area contributed by atoms with Crippen LogP contribution in [0.1, 0.15) is 9.88 Å². The lowest BCUT2D eigenvalue weighted by Crippen LogP contribution is -1.87. The van der Waals surface area contributed by atoms with Gasteiger partial charge in [0, 0.05) is 11.3 Å². The van der Waals surface area contributed by atoms with E-state index in [-0.39, 0.29) is 0 Å². The van der Waals surface area contributed by atoms with E-state index in [1.807, 2.05) is 0 Å². The van der Waals surface area contributed by atoms with Gasteiger partial charge < -0.3 is 5.73 Å². The van der Waals surface area contributed by atoms with Gasteiger partial charge in [-0.25, -0.2) is 0 Å². The SMILES string of the molecule is Nc1nnc(CCc2ccc(Br)s2)s1. The van der Waals surface area contributed by atoms with E-state index in [0.717, 1.165) is 17.8 Å². The first kappa shape index (κ1) is 10.1. The Balaban J connectivity index is 1.94. The zero-order chi connectivity index (χ0) is 9.97. The fourth-order valence-electron chi connectivity index (χ4n) is 1.08. The van der Waals surface area contributed by atoms with Gasteiger partial charge in [-0.3, -0.25) is 0 Å². The number of nitrogens with zero attached hydrogens (tertiary/aromatic N) is 2. The summed E-state index contributed by atoms with van der Waals surface area (Å²) in [5.41, 5.74) is 5.49. The molecule has 6 heteroatoms. The molecule has 2 heterocycles. The number of rotatable bonds is 3. The van der Waals surface area contributed by atoms with Gasteiger partial charge >= 0.3 is 0 Å². The van der Waals surface area contributed by atoms with Crippen LogP contribution in [0.25, 0.3) is 0 Å². The van der Waals surface area contributed by atoms with Crippen molar-refractivity contribution >= 4 is 43.7 Å². The van der Waals surface area contributed by atoms with Crippen molar-refractivity contribution in [3.63, 3.8) is 0 Å². The van der Waals surface area contributed by atoms with Crippen LogP contribution in [-0.2, 0) is 12.8 Å². The number of aromatic nitrogens is 2. The van der Waals surface area contributed by atoms with Gasteiger partial charge in [0.15, 0.2) is 0 Å². The van der Waals surface area contributed by atoms with E-state index in [2.05, 4.69) is 38.3 Å². The lowest BCUT2D eigenvalue weighted by Gasteiger charge is -1.91. The van der Waals surface area contributed by atoms with Crippen LogP contribution >= 0.6 is 38.6 Å².